The number of aromatic amines is 1. The van der Waals surface area contributed by atoms with Gasteiger partial charge >= 0.3 is 0 Å². The molecule has 0 saturated heterocycles. The van der Waals surface area contributed by atoms with Crippen LogP contribution in [-0.2, 0) is 6.61 Å². The lowest BCUT2D eigenvalue weighted by atomic mass is 10.2. The SMILES string of the molecule is COc1cccc(COc2cc[nH+]c3sc(C(N)=O)c(N)c23)c1. The van der Waals surface area contributed by atoms with E-state index in [0.717, 1.165) is 16.1 Å². The molecule has 0 spiro atoms. The number of aromatic nitrogens is 1. The first-order chi connectivity index (χ1) is 11.1. The zero-order valence-corrected chi connectivity index (χ0v) is 13.3. The van der Waals surface area contributed by atoms with Crippen LogP contribution in [0.4, 0.5) is 5.69 Å². The van der Waals surface area contributed by atoms with E-state index in [1.807, 2.05) is 24.3 Å². The van der Waals surface area contributed by atoms with E-state index in [-0.39, 0.29) is 0 Å². The highest BCUT2D eigenvalue weighted by molar-refractivity contribution is 7.20. The highest BCUT2D eigenvalue weighted by atomic mass is 32.1. The third kappa shape index (κ3) is 2.91. The van der Waals surface area contributed by atoms with Crippen LogP contribution in [0.15, 0.2) is 36.5 Å². The first-order valence-electron chi connectivity index (χ1n) is 6.88. The second kappa shape index (κ2) is 6.13. The third-order valence-corrected chi connectivity index (χ3v) is 4.54. The minimum absolute atomic E-state index is 0.327. The first kappa shape index (κ1) is 15.1. The van der Waals surface area contributed by atoms with Crippen molar-refractivity contribution in [1.82, 2.24) is 0 Å². The average Bonchev–Trinajstić information content (AvgIpc) is 2.91. The maximum absolute atomic E-state index is 11.4. The summed E-state index contributed by atoms with van der Waals surface area (Å²) in [6.07, 6.45) is 1.74. The maximum Gasteiger partial charge on any atom is 0.273 e. The number of nitrogen functional groups attached to an aromatic ring is 1. The number of thiophene rings is 1. The lowest BCUT2D eigenvalue weighted by molar-refractivity contribution is -0.341. The van der Waals surface area contributed by atoms with Crippen LogP contribution in [0.1, 0.15) is 15.2 Å². The van der Waals surface area contributed by atoms with Crippen LogP contribution in [0.25, 0.3) is 10.2 Å². The number of carbonyl (C=O) groups excluding carboxylic acids is 1. The highest BCUT2D eigenvalue weighted by Crippen LogP contribution is 2.37. The molecule has 0 saturated carbocycles. The number of pyridine rings is 1. The maximum atomic E-state index is 11.4. The Bertz CT molecular complexity index is 876. The van der Waals surface area contributed by atoms with Gasteiger partial charge in [-0.25, -0.2) is 4.98 Å². The van der Waals surface area contributed by atoms with Gasteiger partial charge in [-0.05, 0) is 17.7 Å². The Kier molecular flexibility index (Phi) is 4.03. The number of fused-ring (bicyclic) bond motifs is 1. The number of methoxy groups -OCH3 is 1. The largest absolute Gasteiger partial charge is 0.497 e. The van der Waals surface area contributed by atoms with E-state index >= 15 is 0 Å². The molecule has 1 aromatic carbocycles. The molecule has 2 aromatic heterocycles. The third-order valence-electron chi connectivity index (χ3n) is 3.39. The molecule has 0 aliphatic heterocycles. The molecule has 23 heavy (non-hydrogen) atoms. The molecule has 1 amide bonds. The number of amides is 1. The van der Waals surface area contributed by atoms with Crippen LogP contribution in [0.5, 0.6) is 11.5 Å². The number of anilines is 1. The van der Waals surface area contributed by atoms with E-state index in [1.165, 1.54) is 11.3 Å². The van der Waals surface area contributed by atoms with Crippen LogP contribution < -0.4 is 25.9 Å². The second-order valence-electron chi connectivity index (χ2n) is 4.90. The van der Waals surface area contributed by atoms with Crippen molar-refractivity contribution in [2.45, 2.75) is 6.61 Å². The Hall–Kier alpha value is -2.80. The van der Waals surface area contributed by atoms with Crippen molar-refractivity contribution in [3.8, 4) is 11.5 Å². The summed E-state index contributed by atoms with van der Waals surface area (Å²) in [5, 5.41) is 0.675. The molecule has 3 rings (SSSR count). The van der Waals surface area contributed by atoms with Gasteiger partial charge in [-0.1, -0.05) is 23.5 Å². The lowest BCUT2D eigenvalue weighted by Crippen LogP contribution is -2.10. The Morgan fingerprint density at radius 1 is 1.35 bits per heavy atom. The fraction of sp³-hybridized carbons (Fsp3) is 0.125. The molecule has 0 atom stereocenters. The highest BCUT2D eigenvalue weighted by Gasteiger charge is 2.21. The number of carbonyl (C=O) groups is 1. The van der Waals surface area contributed by atoms with Crippen LogP contribution in [0, 0.1) is 0 Å². The van der Waals surface area contributed by atoms with Gasteiger partial charge in [-0.2, -0.15) is 0 Å². The molecule has 0 radical (unpaired) electrons. The summed E-state index contributed by atoms with van der Waals surface area (Å²) < 4.78 is 11.1. The molecule has 0 aliphatic carbocycles. The molecular weight excluding hydrogens is 314 g/mol. The van der Waals surface area contributed by atoms with Crippen molar-refractivity contribution in [1.29, 1.82) is 0 Å². The van der Waals surface area contributed by atoms with Crippen LogP contribution in [0.2, 0.25) is 0 Å². The molecule has 2 heterocycles. The molecule has 118 valence electrons. The van der Waals surface area contributed by atoms with Crippen LogP contribution >= 0.6 is 11.3 Å². The number of hydrogen-bond donors (Lipinski definition) is 2. The van der Waals surface area contributed by atoms with Crippen LogP contribution in [-0.4, -0.2) is 13.0 Å². The normalized spacial score (nSPS) is 10.7. The Morgan fingerprint density at radius 2 is 2.17 bits per heavy atom. The summed E-state index contributed by atoms with van der Waals surface area (Å²) in [6, 6.07) is 9.39. The summed E-state index contributed by atoms with van der Waals surface area (Å²) >= 11 is 1.22. The number of nitrogens with one attached hydrogen (secondary N) is 1. The monoisotopic (exact) mass is 330 g/mol. The zero-order valence-electron chi connectivity index (χ0n) is 12.5. The number of primary amides is 1. The quantitative estimate of drug-likeness (QED) is 0.747. The van der Waals surface area contributed by atoms with Gasteiger partial charge in [0.15, 0.2) is 6.20 Å². The first-order valence-corrected chi connectivity index (χ1v) is 7.70. The summed E-state index contributed by atoms with van der Waals surface area (Å²) in [6.45, 7) is 0.359. The van der Waals surface area contributed by atoms with Crippen molar-refractivity contribution >= 4 is 33.1 Å². The lowest BCUT2D eigenvalue weighted by Gasteiger charge is -2.08. The van der Waals surface area contributed by atoms with Gasteiger partial charge in [0.05, 0.1) is 12.8 Å². The van der Waals surface area contributed by atoms with E-state index in [9.17, 15) is 4.79 Å². The van der Waals surface area contributed by atoms with Gasteiger partial charge in [0.2, 0.25) is 0 Å². The number of ether oxygens (including phenoxy) is 2. The molecular formula is C16H16N3O3S+. The van der Waals surface area contributed by atoms with Crippen molar-refractivity contribution in [3.63, 3.8) is 0 Å². The van der Waals surface area contributed by atoms with Gasteiger partial charge in [0.1, 0.15) is 28.4 Å². The van der Waals surface area contributed by atoms with Gasteiger partial charge < -0.3 is 20.9 Å². The zero-order chi connectivity index (χ0) is 16.4. The summed E-state index contributed by atoms with van der Waals surface area (Å²) in [5.41, 5.74) is 12.7. The molecule has 5 N–H and O–H groups in total. The molecule has 7 heteroatoms. The van der Waals surface area contributed by atoms with Gasteiger partial charge in [-0.3, -0.25) is 4.79 Å². The number of benzene rings is 1. The van der Waals surface area contributed by atoms with Gasteiger partial charge in [0.25, 0.3) is 10.7 Å². The van der Waals surface area contributed by atoms with Gasteiger partial charge in [0, 0.05) is 6.07 Å². The Morgan fingerprint density at radius 3 is 2.91 bits per heavy atom. The predicted molar refractivity (Wildman–Crippen MR) is 88.6 cm³/mol. The van der Waals surface area contributed by atoms with Crippen molar-refractivity contribution in [2.24, 2.45) is 5.73 Å². The van der Waals surface area contributed by atoms with Crippen molar-refractivity contribution in [2.75, 3.05) is 12.8 Å². The standard InChI is InChI=1S/C16H15N3O3S/c1-21-10-4-2-3-9(7-10)8-22-11-5-6-19-16-12(11)13(17)14(23-16)15(18)20/h2-7H,8,17H2,1H3,(H2,18,20)/p+1. The fourth-order valence-electron chi connectivity index (χ4n) is 2.29. The molecule has 0 fully saturated rings. The minimum atomic E-state index is -0.546. The molecule has 0 unspecified atom stereocenters. The number of hydrogen-bond acceptors (Lipinski definition) is 5. The Labute approximate surface area is 136 Å². The number of rotatable bonds is 5. The van der Waals surface area contributed by atoms with E-state index in [2.05, 4.69) is 4.98 Å². The molecule has 6 nitrogen and oxygen atoms in total. The number of H-pyrrole nitrogens is 1. The van der Waals surface area contributed by atoms with E-state index < -0.39 is 5.91 Å². The molecule has 0 aliphatic rings. The topological polar surface area (TPSA) is 102 Å². The fourth-order valence-corrected chi connectivity index (χ4v) is 3.25. The minimum Gasteiger partial charge on any atom is -0.497 e. The molecule has 3 aromatic rings. The van der Waals surface area contributed by atoms with Crippen LogP contribution in [0.3, 0.4) is 0 Å². The van der Waals surface area contributed by atoms with Gasteiger partial charge in [-0.15, -0.1) is 0 Å². The number of nitrogens with two attached hydrogens (primary N) is 2. The Balaban J connectivity index is 1.92. The van der Waals surface area contributed by atoms with E-state index in [1.54, 1.807) is 19.4 Å². The summed E-state index contributed by atoms with van der Waals surface area (Å²) in [5.74, 6) is 0.822. The van der Waals surface area contributed by atoms with E-state index in [4.69, 9.17) is 20.9 Å². The predicted octanol–water partition coefficient (Wildman–Crippen LogP) is 1.98. The second-order valence-corrected chi connectivity index (χ2v) is 5.92. The average molecular weight is 330 g/mol. The van der Waals surface area contributed by atoms with Crippen molar-refractivity contribution < 1.29 is 19.3 Å². The van der Waals surface area contributed by atoms with Crippen molar-refractivity contribution in [3.05, 3.63) is 47.0 Å². The summed E-state index contributed by atoms with van der Waals surface area (Å²) in [7, 11) is 1.62. The smallest absolute Gasteiger partial charge is 0.273 e. The van der Waals surface area contributed by atoms with E-state index in [0.29, 0.717) is 28.3 Å². The summed E-state index contributed by atoms with van der Waals surface area (Å²) in [4.78, 5) is 15.6. The molecule has 0 bridgehead atoms.